The Hall–Kier alpha value is -1.42. The molecule has 0 fully saturated rings. The fourth-order valence-corrected chi connectivity index (χ4v) is 3.40. The van der Waals surface area contributed by atoms with E-state index in [1.54, 1.807) is 11.3 Å². The Morgan fingerprint density at radius 3 is 2.79 bits per heavy atom. The number of thiazole rings is 1. The van der Waals surface area contributed by atoms with Gasteiger partial charge in [0.2, 0.25) is 0 Å². The fourth-order valence-electron chi connectivity index (χ4n) is 2.07. The molecular formula is C15H19NO2S. The van der Waals surface area contributed by atoms with Crippen LogP contribution in [0, 0.1) is 12.8 Å². The molecule has 1 aromatic heterocycles. The first-order valence-electron chi connectivity index (χ1n) is 6.56. The molecule has 0 aliphatic rings. The summed E-state index contributed by atoms with van der Waals surface area (Å²) in [6.45, 7) is 8.35. The van der Waals surface area contributed by atoms with Crippen molar-refractivity contribution in [1.29, 1.82) is 0 Å². The second kappa shape index (κ2) is 5.70. The van der Waals surface area contributed by atoms with Crippen LogP contribution in [0.25, 0.3) is 10.2 Å². The minimum Gasteiger partial charge on any atom is -0.465 e. The van der Waals surface area contributed by atoms with Crippen molar-refractivity contribution in [3.05, 3.63) is 28.8 Å². The highest BCUT2D eigenvalue weighted by Crippen LogP contribution is 2.33. The summed E-state index contributed by atoms with van der Waals surface area (Å²) in [6, 6.07) is 6.16. The molecule has 1 aromatic carbocycles. The average molecular weight is 277 g/mol. The van der Waals surface area contributed by atoms with E-state index in [1.165, 1.54) is 5.56 Å². The average Bonchev–Trinajstić information content (AvgIpc) is 2.71. The number of aromatic nitrogens is 1. The van der Waals surface area contributed by atoms with Crippen molar-refractivity contribution in [2.24, 2.45) is 5.92 Å². The summed E-state index contributed by atoms with van der Waals surface area (Å²) in [5.41, 5.74) is 2.17. The summed E-state index contributed by atoms with van der Waals surface area (Å²) in [5, 5.41) is 0.856. The number of aryl methyl sites for hydroxylation is 1. The maximum atomic E-state index is 12.1. The van der Waals surface area contributed by atoms with Crippen LogP contribution >= 0.6 is 11.3 Å². The lowest BCUT2D eigenvalue weighted by molar-refractivity contribution is -0.146. The van der Waals surface area contributed by atoms with Crippen LogP contribution in [0.1, 0.15) is 37.3 Å². The van der Waals surface area contributed by atoms with E-state index < -0.39 is 0 Å². The standard InChI is InChI=1S/C15H19NO2S/c1-5-18-15(17)13(9(2)3)14-16-11-7-6-10(4)8-12(11)19-14/h6-9,13H,5H2,1-4H3. The maximum Gasteiger partial charge on any atom is 0.316 e. The second-order valence-electron chi connectivity index (χ2n) is 5.00. The number of carbonyl (C=O) groups excluding carboxylic acids is 1. The minimum absolute atomic E-state index is 0.173. The smallest absolute Gasteiger partial charge is 0.316 e. The number of hydrogen-bond acceptors (Lipinski definition) is 4. The Bertz CT molecular complexity index is 589. The zero-order valence-electron chi connectivity index (χ0n) is 11.8. The van der Waals surface area contributed by atoms with Crippen molar-refractivity contribution in [2.75, 3.05) is 6.61 Å². The summed E-state index contributed by atoms with van der Waals surface area (Å²) in [4.78, 5) is 16.7. The molecule has 19 heavy (non-hydrogen) atoms. The zero-order chi connectivity index (χ0) is 14.0. The van der Waals surface area contributed by atoms with E-state index >= 15 is 0 Å². The molecule has 0 saturated heterocycles. The lowest BCUT2D eigenvalue weighted by Gasteiger charge is -2.16. The van der Waals surface area contributed by atoms with Gasteiger partial charge in [-0.1, -0.05) is 19.9 Å². The van der Waals surface area contributed by atoms with Crippen LogP contribution in [0.15, 0.2) is 18.2 Å². The van der Waals surface area contributed by atoms with Crippen LogP contribution in [0.2, 0.25) is 0 Å². The molecule has 2 rings (SSSR count). The van der Waals surface area contributed by atoms with Gasteiger partial charge in [0.05, 0.1) is 16.8 Å². The van der Waals surface area contributed by atoms with Gasteiger partial charge in [-0.15, -0.1) is 11.3 Å². The number of rotatable bonds is 4. The lowest BCUT2D eigenvalue weighted by Crippen LogP contribution is -2.20. The Morgan fingerprint density at radius 2 is 2.16 bits per heavy atom. The lowest BCUT2D eigenvalue weighted by atomic mass is 9.97. The van der Waals surface area contributed by atoms with Crippen LogP contribution in [0.5, 0.6) is 0 Å². The Morgan fingerprint density at radius 1 is 1.42 bits per heavy atom. The predicted octanol–water partition coefficient (Wildman–Crippen LogP) is 3.91. The zero-order valence-corrected chi connectivity index (χ0v) is 12.6. The molecule has 0 aliphatic carbocycles. The Labute approximate surface area is 117 Å². The minimum atomic E-state index is -0.266. The molecular weight excluding hydrogens is 258 g/mol. The van der Waals surface area contributed by atoms with E-state index in [4.69, 9.17) is 4.74 Å². The van der Waals surface area contributed by atoms with E-state index in [0.717, 1.165) is 15.2 Å². The number of benzene rings is 1. The number of esters is 1. The SMILES string of the molecule is CCOC(=O)C(c1nc2ccc(C)cc2s1)C(C)C. The molecule has 0 amide bonds. The molecule has 1 unspecified atom stereocenters. The highest BCUT2D eigenvalue weighted by molar-refractivity contribution is 7.18. The van der Waals surface area contributed by atoms with Gasteiger partial charge in [-0.25, -0.2) is 4.98 Å². The van der Waals surface area contributed by atoms with E-state index in [1.807, 2.05) is 32.9 Å². The third-order valence-electron chi connectivity index (χ3n) is 3.03. The predicted molar refractivity (Wildman–Crippen MR) is 78.6 cm³/mol. The maximum absolute atomic E-state index is 12.1. The van der Waals surface area contributed by atoms with Gasteiger partial charge in [0, 0.05) is 0 Å². The molecule has 1 heterocycles. The van der Waals surface area contributed by atoms with Crippen LogP contribution in [0.3, 0.4) is 0 Å². The van der Waals surface area contributed by atoms with Crippen molar-refractivity contribution in [3.63, 3.8) is 0 Å². The third-order valence-corrected chi connectivity index (χ3v) is 4.13. The monoisotopic (exact) mass is 277 g/mol. The van der Waals surface area contributed by atoms with Gasteiger partial charge in [0.1, 0.15) is 10.9 Å². The summed E-state index contributed by atoms with van der Waals surface area (Å²) < 4.78 is 6.30. The van der Waals surface area contributed by atoms with E-state index in [0.29, 0.717) is 6.61 Å². The summed E-state index contributed by atoms with van der Waals surface area (Å²) in [7, 11) is 0. The van der Waals surface area contributed by atoms with Gasteiger partial charge in [0.15, 0.2) is 0 Å². The molecule has 1 atom stereocenters. The van der Waals surface area contributed by atoms with Gasteiger partial charge < -0.3 is 4.74 Å². The summed E-state index contributed by atoms with van der Waals surface area (Å²) in [6.07, 6.45) is 0. The molecule has 102 valence electrons. The molecule has 0 spiro atoms. The first-order chi connectivity index (χ1) is 9.02. The molecule has 0 radical (unpaired) electrons. The van der Waals surface area contributed by atoms with Gasteiger partial charge in [-0.3, -0.25) is 4.79 Å². The Balaban J connectivity index is 2.41. The number of hydrogen-bond donors (Lipinski definition) is 0. The highest BCUT2D eigenvalue weighted by Gasteiger charge is 2.28. The Kier molecular flexibility index (Phi) is 4.20. The normalized spacial score (nSPS) is 12.9. The molecule has 2 aromatic rings. The van der Waals surface area contributed by atoms with Crippen molar-refractivity contribution < 1.29 is 9.53 Å². The largest absolute Gasteiger partial charge is 0.465 e. The number of nitrogens with zero attached hydrogens (tertiary/aromatic N) is 1. The van der Waals surface area contributed by atoms with Crippen molar-refractivity contribution in [1.82, 2.24) is 4.98 Å². The third kappa shape index (κ3) is 2.95. The summed E-state index contributed by atoms with van der Waals surface area (Å²) in [5.74, 6) is -0.258. The van der Waals surface area contributed by atoms with Crippen molar-refractivity contribution in [3.8, 4) is 0 Å². The molecule has 3 nitrogen and oxygen atoms in total. The number of fused-ring (bicyclic) bond motifs is 1. The van der Waals surface area contributed by atoms with Gasteiger partial charge in [0.25, 0.3) is 0 Å². The molecule has 0 saturated carbocycles. The van der Waals surface area contributed by atoms with Gasteiger partial charge >= 0.3 is 5.97 Å². The number of carbonyl (C=O) groups is 1. The molecule has 0 bridgehead atoms. The molecule has 0 N–H and O–H groups in total. The topological polar surface area (TPSA) is 39.2 Å². The number of ether oxygens (including phenoxy) is 1. The molecule has 0 aliphatic heterocycles. The van der Waals surface area contributed by atoms with E-state index in [2.05, 4.69) is 18.0 Å². The highest BCUT2D eigenvalue weighted by atomic mass is 32.1. The van der Waals surface area contributed by atoms with Gasteiger partial charge in [-0.05, 0) is 37.5 Å². The van der Waals surface area contributed by atoms with Crippen LogP contribution in [-0.4, -0.2) is 17.6 Å². The fraction of sp³-hybridized carbons (Fsp3) is 0.467. The molecule has 4 heteroatoms. The van der Waals surface area contributed by atoms with Crippen LogP contribution in [0.4, 0.5) is 0 Å². The van der Waals surface area contributed by atoms with Crippen molar-refractivity contribution >= 4 is 27.5 Å². The first-order valence-corrected chi connectivity index (χ1v) is 7.38. The second-order valence-corrected chi connectivity index (χ2v) is 6.06. The van der Waals surface area contributed by atoms with Crippen LogP contribution < -0.4 is 0 Å². The van der Waals surface area contributed by atoms with Gasteiger partial charge in [-0.2, -0.15) is 0 Å². The van der Waals surface area contributed by atoms with E-state index in [-0.39, 0.29) is 17.8 Å². The first kappa shape index (κ1) is 14.0. The van der Waals surface area contributed by atoms with Crippen molar-refractivity contribution in [2.45, 2.75) is 33.6 Å². The summed E-state index contributed by atoms with van der Waals surface area (Å²) >= 11 is 1.59. The van der Waals surface area contributed by atoms with E-state index in [9.17, 15) is 4.79 Å². The quantitative estimate of drug-likeness (QED) is 0.795. The van der Waals surface area contributed by atoms with Crippen LogP contribution in [-0.2, 0) is 9.53 Å².